The average molecular weight is 281 g/mol. The number of hydrogen-bond acceptors (Lipinski definition) is 3. The number of hydrogen-bond donors (Lipinski definition) is 0. The van der Waals surface area contributed by atoms with Crippen molar-refractivity contribution < 1.29 is 14.0 Å². The van der Waals surface area contributed by atoms with E-state index in [4.69, 9.17) is 11.6 Å². The molecule has 0 fully saturated rings. The van der Waals surface area contributed by atoms with Crippen LogP contribution in [-0.2, 0) is 9.59 Å². The van der Waals surface area contributed by atoms with Crippen molar-refractivity contribution in [3.63, 3.8) is 0 Å². The molecule has 0 unspecified atom stereocenters. The third-order valence-corrected chi connectivity index (χ3v) is 2.98. The van der Waals surface area contributed by atoms with E-state index in [0.29, 0.717) is 23.0 Å². The van der Waals surface area contributed by atoms with Crippen LogP contribution in [0.4, 0.5) is 10.2 Å². The molecular weight excluding hydrogens is 271 g/mol. The first-order valence-electron chi connectivity index (χ1n) is 5.48. The molecule has 0 aliphatic rings. The van der Waals surface area contributed by atoms with Crippen molar-refractivity contribution in [2.75, 3.05) is 11.4 Å². The van der Waals surface area contributed by atoms with E-state index in [1.807, 2.05) is 0 Å². The minimum Gasteiger partial charge on any atom is -0.298 e. The van der Waals surface area contributed by atoms with E-state index in [2.05, 4.69) is 4.98 Å². The molecule has 19 heavy (non-hydrogen) atoms. The Bertz CT molecular complexity index is 660. The van der Waals surface area contributed by atoms with E-state index in [9.17, 15) is 14.0 Å². The number of ketones is 1. The normalized spacial score (nSPS) is 10.5. The van der Waals surface area contributed by atoms with Gasteiger partial charge in [0, 0.05) is 11.6 Å². The molecule has 0 N–H and O–H groups in total. The quantitative estimate of drug-likeness (QED) is 0.809. The van der Waals surface area contributed by atoms with Gasteiger partial charge in [0.2, 0.25) is 6.41 Å². The largest absolute Gasteiger partial charge is 0.298 e. The number of carbonyl (C=O) groups excluding carboxylic acids is 2. The second-order valence-electron chi connectivity index (χ2n) is 4.06. The van der Waals surface area contributed by atoms with Gasteiger partial charge in [0.25, 0.3) is 0 Å². The van der Waals surface area contributed by atoms with Crippen LogP contribution in [0.5, 0.6) is 0 Å². The van der Waals surface area contributed by atoms with Gasteiger partial charge in [-0.2, -0.15) is 0 Å². The summed E-state index contributed by atoms with van der Waals surface area (Å²) in [6, 6.07) is 4.36. The number of carbonyl (C=O) groups is 2. The van der Waals surface area contributed by atoms with E-state index in [0.717, 1.165) is 0 Å². The van der Waals surface area contributed by atoms with E-state index < -0.39 is 5.82 Å². The van der Waals surface area contributed by atoms with Crippen LogP contribution in [0.15, 0.2) is 24.4 Å². The predicted octanol–water partition coefficient (Wildman–Crippen LogP) is 2.58. The molecule has 1 aromatic carbocycles. The fourth-order valence-electron chi connectivity index (χ4n) is 1.71. The summed E-state index contributed by atoms with van der Waals surface area (Å²) in [5.74, 6) is -0.369. The lowest BCUT2D eigenvalue weighted by Crippen LogP contribution is -2.27. The number of amides is 1. The van der Waals surface area contributed by atoms with Gasteiger partial charge in [-0.15, -0.1) is 0 Å². The third-order valence-electron chi connectivity index (χ3n) is 2.59. The maximum Gasteiger partial charge on any atom is 0.215 e. The first-order valence-corrected chi connectivity index (χ1v) is 5.86. The highest BCUT2D eigenvalue weighted by molar-refractivity contribution is 6.35. The summed E-state index contributed by atoms with van der Waals surface area (Å²) in [7, 11) is 0. The highest BCUT2D eigenvalue weighted by Gasteiger charge is 2.12. The highest BCUT2D eigenvalue weighted by Crippen LogP contribution is 2.27. The van der Waals surface area contributed by atoms with Gasteiger partial charge in [0.1, 0.15) is 17.4 Å². The fraction of sp³-hybridized carbons (Fsp3) is 0.154. The summed E-state index contributed by atoms with van der Waals surface area (Å²) >= 11 is 5.82. The average Bonchev–Trinajstić information content (AvgIpc) is 2.40. The molecular formula is C13H10ClFN2O2. The SMILES string of the molecule is CC(=O)CN(C=O)c1cc2ccc(F)c(Cl)c2cn1. The lowest BCUT2D eigenvalue weighted by Gasteiger charge is -2.15. The zero-order valence-corrected chi connectivity index (χ0v) is 10.8. The molecule has 0 aliphatic carbocycles. The van der Waals surface area contributed by atoms with Crippen molar-refractivity contribution in [1.82, 2.24) is 4.98 Å². The summed E-state index contributed by atoms with van der Waals surface area (Å²) in [4.78, 5) is 27.2. The summed E-state index contributed by atoms with van der Waals surface area (Å²) in [6.07, 6.45) is 1.91. The monoisotopic (exact) mass is 280 g/mol. The Morgan fingerprint density at radius 3 is 2.89 bits per heavy atom. The first kappa shape index (κ1) is 13.4. The standard InChI is InChI=1S/C13H10ClFN2O2/c1-8(19)6-17(7-18)12-4-9-2-3-11(15)13(14)10(9)5-16-12/h2-5,7H,6H2,1H3. The van der Waals surface area contributed by atoms with Crippen molar-refractivity contribution in [2.24, 2.45) is 0 Å². The van der Waals surface area contributed by atoms with Gasteiger partial charge < -0.3 is 0 Å². The molecule has 0 atom stereocenters. The Morgan fingerprint density at radius 2 is 2.26 bits per heavy atom. The molecule has 0 spiro atoms. The lowest BCUT2D eigenvalue weighted by molar-refractivity contribution is -0.117. The topological polar surface area (TPSA) is 50.3 Å². The van der Waals surface area contributed by atoms with Crippen molar-refractivity contribution in [3.05, 3.63) is 35.2 Å². The third kappa shape index (κ3) is 2.71. The number of nitrogens with zero attached hydrogens (tertiary/aromatic N) is 2. The molecule has 0 bridgehead atoms. The van der Waals surface area contributed by atoms with Gasteiger partial charge in [-0.1, -0.05) is 17.7 Å². The summed E-state index contributed by atoms with van der Waals surface area (Å²) in [6.45, 7) is 1.32. The van der Waals surface area contributed by atoms with E-state index in [-0.39, 0.29) is 17.4 Å². The van der Waals surface area contributed by atoms with Crippen LogP contribution >= 0.6 is 11.6 Å². The first-order chi connectivity index (χ1) is 9.02. The molecule has 0 saturated heterocycles. The van der Waals surface area contributed by atoms with E-state index in [1.165, 1.54) is 24.1 Å². The predicted molar refractivity (Wildman–Crippen MR) is 70.8 cm³/mol. The van der Waals surface area contributed by atoms with Crippen LogP contribution in [0.25, 0.3) is 10.8 Å². The number of benzene rings is 1. The molecule has 2 rings (SSSR count). The second kappa shape index (κ2) is 5.32. The van der Waals surface area contributed by atoms with Gasteiger partial charge in [-0.05, 0) is 24.4 Å². The molecule has 1 aromatic heterocycles. The Kier molecular flexibility index (Phi) is 3.76. The summed E-state index contributed by atoms with van der Waals surface area (Å²) in [5.41, 5.74) is 0. The molecule has 2 aromatic rings. The number of aromatic nitrogens is 1. The van der Waals surface area contributed by atoms with Crippen molar-refractivity contribution in [2.45, 2.75) is 6.92 Å². The van der Waals surface area contributed by atoms with Crippen LogP contribution in [0.1, 0.15) is 6.92 Å². The molecule has 1 amide bonds. The number of rotatable bonds is 4. The number of pyridine rings is 1. The van der Waals surface area contributed by atoms with Gasteiger partial charge in [0.05, 0.1) is 11.6 Å². The molecule has 0 radical (unpaired) electrons. The summed E-state index contributed by atoms with van der Waals surface area (Å²) in [5, 5.41) is 1.09. The number of fused-ring (bicyclic) bond motifs is 1. The van der Waals surface area contributed by atoms with Gasteiger partial charge in [-0.25, -0.2) is 9.37 Å². The van der Waals surface area contributed by atoms with Crippen LogP contribution in [0.2, 0.25) is 5.02 Å². The number of halogens is 2. The highest BCUT2D eigenvalue weighted by atomic mass is 35.5. The van der Waals surface area contributed by atoms with Crippen molar-refractivity contribution >= 4 is 40.4 Å². The minimum absolute atomic E-state index is 0.0132. The maximum atomic E-state index is 13.3. The molecule has 0 saturated carbocycles. The number of anilines is 1. The molecule has 4 nitrogen and oxygen atoms in total. The van der Waals surface area contributed by atoms with Gasteiger partial charge in [0.15, 0.2) is 0 Å². The Hall–Kier alpha value is -2.01. The van der Waals surface area contributed by atoms with Gasteiger partial charge in [-0.3, -0.25) is 14.5 Å². The van der Waals surface area contributed by atoms with E-state index >= 15 is 0 Å². The van der Waals surface area contributed by atoms with Crippen LogP contribution in [-0.4, -0.2) is 23.7 Å². The van der Waals surface area contributed by atoms with Crippen LogP contribution in [0, 0.1) is 5.82 Å². The number of Topliss-reactive ketones (excluding diaryl/α,β-unsaturated/α-hetero) is 1. The summed E-state index contributed by atoms with van der Waals surface area (Å²) < 4.78 is 13.3. The second-order valence-corrected chi connectivity index (χ2v) is 4.44. The molecule has 98 valence electrons. The van der Waals surface area contributed by atoms with Crippen molar-refractivity contribution in [3.8, 4) is 0 Å². The smallest absolute Gasteiger partial charge is 0.215 e. The molecule has 1 heterocycles. The van der Waals surface area contributed by atoms with Crippen LogP contribution < -0.4 is 4.90 Å². The zero-order valence-electron chi connectivity index (χ0n) is 10.1. The Morgan fingerprint density at radius 1 is 1.53 bits per heavy atom. The van der Waals surface area contributed by atoms with Gasteiger partial charge >= 0.3 is 0 Å². The lowest BCUT2D eigenvalue weighted by atomic mass is 10.1. The Balaban J connectivity index is 2.49. The molecule has 6 heteroatoms. The Labute approximate surface area is 113 Å². The minimum atomic E-state index is -0.528. The van der Waals surface area contributed by atoms with Crippen LogP contribution in [0.3, 0.4) is 0 Å². The molecule has 0 aliphatic heterocycles. The van der Waals surface area contributed by atoms with Crippen molar-refractivity contribution in [1.29, 1.82) is 0 Å². The zero-order chi connectivity index (χ0) is 14.0. The van der Waals surface area contributed by atoms with E-state index in [1.54, 1.807) is 12.1 Å². The maximum absolute atomic E-state index is 13.3. The fourth-order valence-corrected chi connectivity index (χ4v) is 1.94.